The molecule has 8 N–H and O–H groups in total. The number of carboxylic acid groups (broad SMARTS) is 2. The third-order valence-corrected chi connectivity index (χ3v) is 3.65. The van der Waals surface area contributed by atoms with E-state index in [-0.39, 0.29) is 29.6 Å². The van der Waals surface area contributed by atoms with E-state index in [4.69, 9.17) is 36.6 Å². The standard InChI is InChI=1S/2C9H11NO4/c10-6(9(13)14)3-5-1-2-7(11)8(12)4-5;11-9(12)8(10(13)14)6-7-4-2-1-3-5-7/h1-2,4,6,11-12H,3,10H2,(H,13,14);1-5,8,13-14H,6H2,(H,11,12)/t6-;8-/m00/s1. The highest BCUT2D eigenvalue weighted by Crippen LogP contribution is 2.25. The maximum atomic E-state index is 10.6. The SMILES string of the molecule is N[C@@H](Cc1ccc(O)c(O)c1)C(=O)O.O=C(O)[C@H](Cc1ccccc1)N(O)O. The van der Waals surface area contributed by atoms with E-state index in [2.05, 4.69) is 0 Å². The number of hydroxylamine groups is 2. The summed E-state index contributed by atoms with van der Waals surface area (Å²) in [6, 6.07) is 10.5. The first-order valence-electron chi connectivity index (χ1n) is 8.04. The molecule has 2 rings (SSSR count). The molecule has 0 unspecified atom stereocenters. The Morgan fingerprint density at radius 2 is 1.46 bits per heavy atom. The molecule has 0 amide bonds. The molecular weight excluding hydrogens is 372 g/mol. The molecule has 0 heterocycles. The molecule has 0 radical (unpaired) electrons. The van der Waals surface area contributed by atoms with Gasteiger partial charge in [0.25, 0.3) is 0 Å². The van der Waals surface area contributed by atoms with Crippen LogP contribution in [0.3, 0.4) is 0 Å². The molecule has 2 atom stereocenters. The molecule has 28 heavy (non-hydrogen) atoms. The van der Waals surface area contributed by atoms with Gasteiger partial charge in [-0.3, -0.25) is 20.0 Å². The zero-order valence-electron chi connectivity index (χ0n) is 14.7. The Kier molecular flexibility index (Phi) is 8.85. The van der Waals surface area contributed by atoms with Crippen molar-refractivity contribution in [2.24, 2.45) is 5.73 Å². The lowest BCUT2D eigenvalue weighted by Gasteiger charge is -2.15. The second-order valence-corrected chi connectivity index (χ2v) is 5.84. The zero-order chi connectivity index (χ0) is 21.3. The van der Waals surface area contributed by atoms with Gasteiger partial charge in [0.15, 0.2) is 17.5 Å². The van der Waals surface area contributed by atoms with Gasteiger partial charge >= 0.3 is 11.9 Å². The van der Waals surface area contributed by atoms with Gasteiger partial charge in [-0.15, -0.1) is 0 Å². The molecule has 10 heteroatoms. The van der Waals surface area contributed by atoms with Crippen LogP contribution in [0.5, 0.6) is 11.5 Å². The number of hydrogen-bond donors (Lipinski definition) is 7. The first-order valence-corrected chi connectivity index (χ1v) is 8.04. The molecule has 0 fully saturated rings. The van der Waals surface area contributed by atoms with Crippen LogP contribution in [0.1, 0.15) is 11.1 Å². The van der Waals surface area contributed by atoms with Crippen LogP contribution in [-0.2, 0) is 22.4 Å². The molecule has 152 valence electrons. The van der Waals surface area contributed by atoms with Crippen molar-refractivity contribution in [2.45, 2.75) is 24.9 Å². The molecule has 0 bridgehead atoms. The van der Waals surface area contributed by atoms with E-state index >= 15 is 0 Å². The first kappa shape index (κ1) is 22.9. The Morgan fingerprint density at radius 3 is 1.93 bits per heavy atom. The van der Waals surface area contributed by atoms with Crippen molar-refractivity contribution in [1.29, 1.82) is 0 Å². The van der Waals surface area contributed by atoms with E-state index in [0.29, 0.717) is 5.56 Å². The minimum atomic E-state index is -1.34. The van der Waals surface area contributed by atoms with Gasteiger partial charge in [0.1, 0.15) is 6.04 Å². The Balaban J connectivity index is 0.000000280. The summed E-state index contributed by atoms with van der Waals surface area (Å²) in [4.78, 5) is 21.0. The number of rotatable bonds is 7. The number of hydrogen-bond acceptors (Lipinski definition) is 8. The fraction of sp³-hybridized carbons (Fsp3) is 0.222. The van der Waals surface area contributed by atoms with Crippen LogP contribution in [0, 0.1) is 0 Å². The molecule has 2 aromatic rings. The summed E-state index contributed by atoms with van der Waals surface area (Å²) in [7, 11) is 0. The van der Waals surface area contributed by atoms with Gasteiger partial charge in [-0.1, -0.05) is 41.6 Å². The highest BCUT2D eigenvalue weighted by molar-refractivity contribution is 5.74. The number of aliphatic carboxylic acids is 2. The molecule has 0 saturated carbocycles. The summed E-state index contributed by atoms with van der Waals surface area (Å²) < 4.78 is 0. The van der Waals surface area contributed by atoms with Crippen molar-refractivity contribution >= 4 is 11.9 Å². The largest absolute Gasteiger partial charge is 0.504 e. The molecule has 0 aliphatic rings. The van der Waals surface area contributed by atoms with E-state index in [1.807, 2.05) is 0 Å². The van der Waals surface area contributed by atoms with Gasteiger partial charge in [-0.2, -0.15) is 0 Å². The average molecular weight is 394 g/mol. The quantitative estimate of drug-likeness (QED) is 0.262. The summed E-state index contributed by atoms with van der Waals surface area (Å²) >= 11 is 0. The summed E-state index contributed by atoms with van der Waals surface area (Å²) in [6.07, 6.45) is 0.159. The van der Waals surface area contributed by atoms with Gasteiger partial charge in [0.05, 0.1) is 0 Å². The average Bonchev–Trinajstić information content (AvgIpc) is 2.63. The number of nitrogens with two attached hydrogens (primary N) is 1. The van der Waals surface area contributed by atoms with Crippen molar-refractivity contribution in [3.8, 4) is 11.5 Å². The third-order valence-electron chi connectivity index (χ3n) is 3.65. The van der Waals surface area contributed by atoms with E-state index in [1.165, 1.54) is 18.2 Å². The zero-order valence-corrected chi connectivity index (χ0v) is 14.7. The van der Waals surface area contributed by atoms with Crippen LogP contribution in [0.25, 0.3) is 0 Å². The van der Waals surface area contributed by atoms with Crippen molar-refractivity contribution in [2.75, 3.05) is 0 Å². The van der Waals surface area contributed by atoms with Gasteiger partial charge in [-0.05, 0) is 29.7 Å². The smallest absolute Gasteiger partial charge is 0.326 e. The third kappa shape index (κ3) is 7.60. The summed E-state index contributed by atoms with van der Waals surface area (Å²) in [6.45, 7) is 0. The minimum absolute atomic E-state index is 0.0448. The summed E-state index contributed by atoms with van der Waals surface area (Å²) in [5.74, 6) is -2.89. The van der Waals surface area contributed by atoms with Crippen LogP contribution in [0.15, 0.2) is 48.5 Å². The second-order valence-electron chi connectivity index (χ2n) is 5.84. The number of benzene rings is 2. The van der Waals surface area contributed by atoms with E-state index in [9.17, 15) is 9.59 Å². The van der Waals surface area contributed by atoms with Crippen LogP contribution >= 0.6 is 0 Å². The Bertz CT molecular complexity index is 782. The molecular formula is C18H22N2O8. The summed E-state index contributed by atoms with van der Waals surface area (Å²) in [5.41, 5.74) is 6.59. The van der Waals surface area contributed by atoms with Crippen LogP contribution < -0.4 is 5.73 Å². The van der Waals surface area contributed by atoms with E-state index in [0.717, 1.165) is 5.56 Å². The van der Waals surface area contributed by atoms with Gasteiger partial charge in [-0.25, -0.2) is 0 Å². The fourth-order valence-corrected chi connectivity index (χ4v) is 2.14. The predicted octanol–water partition coefficient (Wildman–Crippen LogP) is 0.815. The molecule has 0 aliphatic carbocycles. The van der Waals surface area contributed by atoms with Crippen molar-refractivity contribution in [1.82, 2.24) is 5.23 Å². The maximum absolute atomic E-state index is 10.6. The first-order chi connectivity index (χ1) is 13.1. The molecule has 10 nitrogen and oxygen atoms in total. The molecule has 0 aromatic heterocycles. The number of phenols is 2. The number of aromatic hydroxyl groups is 2. The van der Waals surface area contributed by atoms with Crippen LogP contribution in [-0.4, -0.2) is 60.1 Å². The van der Waals surface area contributed by atoms with E-state index in [1.54, 1.807) is 30.3 Å². The molecule has 0 aliphatic heterocycles. The Morgan fingerprint density at radius 1 is 0.857 bits per heavy atom. The lowest BCUT2D eigenvalue weighted by Crippen LogP contribution is -2.38. The summed E-state index contributed by atoms with van der Waals surface area (Å²) in [5, 5.41) is 52.3. The van der Waals surface area contributed by atoms with Crippen molar-refractivity contribution in [3.63, 3.8) is 0 Å². The highest BCUT2D eigenvalue weighted by Gasteiger charge is 2.23. The normalized spacial score (nSPS) is 12.6. The van der Waals surface area contributed by atoms with Crippen molar-refractivity contribution < 1.29 is 40.4 Å². The van der Waals surface area contributed by atoms with Crippen molar-refractivity contribution in [3.05, 3.63) is 59.7 Å². The second kappa shape index (κ2) is 10.8. The highest BCUT2D eigenvalue weighted by atomic mass is 16.8. The van der Waals surface area contributed by atoms with Gasteiger partial charge in [0, 0.05) is 6.42 Å². The van der Waals surface area contributed by atoms with Gasteiger partial charge in [0.2, 0.25) is 0 Å². The van der Waals surface area contributed by atoms with E-state index < -0.39 is 24.0 Å². The molecule has 0 spiro atoms. The monoisotopic (exact) mass is 394 g/mol. The molecule has 2 aromatic carbocycles. The maximum Gasteiger partial charge on any atom is 0.326 e. The fourth-order valence-electron chi connectivity index (χ4n) is 2.14. The number of phenolic OH excluding ortho intramolecular Hbond substituents is 2. The minimum Gasteiger partial charge on any atom is -0.504 e. The molecule has 0 saturated heterocycles. The number of nitrogens with zero attached hydrogens (tertiary/aromatic N) is 1. The lowest BCUT2D eigenvalue weighted by atomic mass is 10.1. The van der Waals surface area contributed by atoms with Crippen LogP contribution in [0.4, 0.5) is 0 Å². The topological polar surface area (TPSA) is 185 Å². The lowest BCUT2D eigenvalue weighted by molar-refractivity contribution is -0.327. The Hall–Kier alpha value is -3.18. The van der Waals surface area contributed by atoms with Gasteiger partial charge < -0.3 is 26.2 Å². The number of carboxylic acids is 2. The predicted molar refractivity (Wildman–Crippen MR) is 96.1 cm³/mol. The van der Waals surface area contributed by atoms with Crippen LogP contribution in [0.2, 0.25) is 0 Å². The Labute approximate surface area is 160 Å². The number of carbonyl (C=O) groups is 2.